The van der Waals surface area contributed by atoms with Gasteiger partial charge in [0.15, 0.2) is 0 Å². The van der Waals surface area contributed by atoms with Gasteiger partial charge in [-0.25, -0.2) is 4.79 Å². The predicted molar refractivity (Wildman–Crippen MR) is 91.6 cm³/mol. The molecule has 1 atom stereocenters. The van der Waals surface area contributed by atoms with E-state index in [2.05, 4.69) is 10.6 Å². The van der Waals surface area contributed by atoms with E-state index in [1.165, 1.54) is 0 Å². The molecule has 1 unspecified atom stereocenters. The van der Waals surface area contributed by atoms with Crippen molar-refractivity contribution in [1.29, 1.82) is 0 Å². The molecule has 0 aromatic heterocycles. The van der Waals surface area contributed by atoms with Gasteiger partial charge in [0.1, 0.15) is 12.1 Å². The summed E-state index contributed by atoms with van der Waals surface area (Å²) in [5.41, 5.74) is -0.986. The highest BCUT2D eigenvalue weighted by atomic mass is 35.5. The zero-order valence-electron chi connectivity index (χ0n) is 14.3. The van der Waals surface area contributed by atoms with Crippen molar-refractivity contribution in [2.24, 2.45) is 0 Å². The Hall–Kier alpha value is -2.08. The molecule has 24 heavy (non-hydrogen) atoms. The highest BCUT2D eigenvalue weighted by Crippen LogP contribution is 2.29. The third-order valence-electron chi connectivity index (χ3n) is 4.36. The van der Waals surface area contributed by atoms with Crippen molar-refractivity contribution in [2.75, 3.05) is 6.54 Å². The van der Waals surface area contributed by atoms with Crippen LogP contribution in [0.5, 0.6) is 0 Å². The number of urea groups is 1. The van der Waals surface area contributed by atoms with Crippen LogP contribution in [-0.4, -0.2) is 34.8 Å². The van der Waals surface area contributed by atoms with Gasteiger partial charge in [-0.15, -0.1) is 0 Å². The first kappa shape index (κ1) is 18.3. The van der Waals surface area contributed by atoms with E-state index in [-0.39, 0.29) is 12.5 Å². The summed E-state index contributed by atoms with van der Waals surface area (Å²) in [5.74, 6) is -0.829. The zero-order valence-corrected chi connectivity index (χ0v) is 15.0. The average molecular weight is 352 g/mol. The summed E-state index contributed by atoms with van der Waals surface area (Å²) in [5, 5.41) is 6.02. The average Bonchev–Trinajstić information content (AvgIpc) is 2.72. The second-order valence-corrected chi connectivity index (χ2v) is 7.18. The number of hydrogen-bond donors (Lipinski definition) is 2. The van der Waals surface area contributed by atoms with Crippen molar-refractivity contribution in [1.82, 2.24) is 15.5 Å². The van der Waals surface area contributed by atoms with E-state index in [9.17, 15) is 14.4 Å². The van der Waals surface area contributed by atoms with Gasteiger partial charge in [-0.3, -0.25) is 14.5 Å². The molecule has 0 aliphatic carbocycles. The molecule has 6 nitrogen and oxygen atoms in total. The SMILES string of the molecule is CCC(C)(C)NC(=O)CN1C(=O)NC(C)(c2ccc(Cl)cc2)C1=O. The van der Waals surface area contributed by atoms with Crippen LogP contribution in [0.15, 0.2) is 24.3 Å². The first-order valence-electron chi connectivity index (χ1n) is 7.80. The molecule has 1 fully saturated rings. The van der Waals surface area contributed by atoms with E-state index in [1.807, 2.05) is 20.8 Å². The van der Waals surface area contributed by atoms with Crippen molar-refractivity contribution < 1.29 is 14.4 Å². The van der Waals surface area contributed by atoms with Crippen LogP contribution < -0.4 is 10.6 Å². The number of hydrogen-bond acceptors (Lipinski definition) is 3. The second kappa shape index (κ2) is 6.43. The van der Waals surface area contributed by atoms with Gasteiger partial charge in [-0.2, -0.15) is 0 Å². The van der Waals surface area contributed by atoms with E-state index < -0.39 is 23.0 Å². The topological polar surface area (TPSA) is 78.5 Å². The molecule has 1 aliphatic rings. The van der Waals surface area contributed by atoms with Crippen LogP contribution in [0.25, 0.3) is 0 Å². The molecule has 0 bridgehead atoms. The van der Waals surface area contributed by atoms with E-state index in [0.717, 1.165) is 11.3 Å². The van der Waals surface area contributed by atoms with Crippen LogP contribution in [0.1, 0.15) is 39.7 Å². The van der Waals surface area contributed by atoms with Crippen molar-refractivity contribution in [3.8, 4) is 0 Å². The molecule has 1 aromatic rings. The number of nitrogens with zero attached hydrogens (tertiary/aromatic N) is 1. The van der Waals surface area contributed by atoms with Gasteiger partial charge >= 0.3 is 6.03 Å². The van der Waals surface area contributed by atoms with Gasteiger partial charge < -0.3 is 10.6 Å². The number of carbonyl (C=O) groups is 3. The lowest BCUT2D eigenvalue weighted by Crippen LogP contribution is -2.49. The van der Waals surface area contributed by atoms with Crippen LogP contribution in [0, 0.1) is 0 Å². The highest BCUT2D eigenvalue weighted by molar-refractivity contribution is 6.30. The van der Waals surface area contributed by atoms with Crippen molar-refractivity contribution in [3.05, 3.63) is 34.9 Å². The Morgan fingerprint density at radius 2 is 1.88 bits per heavy atom. The maximum absolute atomic E-state index is 12.7. The Kier molecular flexibility index (Phi) is 4.90. The van der Waals surface area contributed by atoms with Crippen LogP contribution in [0.2, 0.25) is 5.02 Å². The van der Waals surface area contributed by atoms with Gasteiger partial charge in [-0.05, 0) is 44.9 Å². The molecule has 1 heterocycles. The fraction of sp³-hybridized carbons (Fsp3) is 0.471. The van der Waals surface area contributed by atoms with Gasteiger partial charge in [0.25, 0.3) is 5.91 Å². The minimum Gasteiger partial charge on any atom is -0.350 e. The summed E-state index contributed by atoms with van der Waals surface area (Å²) < 4.78 is 0. The smallest absolute Gasteiger partial charge is 0.325 e. The molecule has 7 heteroatoms. The molecule has 4 amide bonds. The highest BCUT2D eigenvalue weighted by Gasteiger charge is 2.49. The lowest BCUT2D eigenvalue weighted by atomic mass is 9.92. The molecule has 1 aliphatic heterocycles. The number of rotatable bonds is 5. The standard InChI is InChI=1S/C17H22ClN3O3/c1-5-16(2,3)19-13(22)10-21-14(23)17(4,20-15(21)24)11-6-8-12(18)9-7-11/h6-9H,5,10H2,1-4H3,(H,19,22)(H,20,24). The summed E-state index contributed by atoms with van der Waals surface area (Å²) in [4.78, 5) is 38.0. The Balaban J connectivity index is 2.17. The fourth-order valence-electron chi connectivity index (χ4n) is 2.47. The number of carbonyl (C=O) groups excluding carboxylic acids is 3. The van der Waals surface area contributed by atoms with Gasteiger partial charge in [-0.1, -0.05) is 30.7 Å². The summed E-state index contributed by atoms with van der Waals surface area (Å²) in [6.45, 7) is 7.02. The van der Waals surface area contributed by atoms with Crippen molar-refractivity contribution in [3.63, 3.8) is 0 Å². The maximum Gasteiger partial charge on any atom is 0.325 e. The molecule has 2 rings (SSSR count). The molecule has 2 N–H and O–H groups in total. The summed E-state index contributed by atoms with van der Waals surface area (Å²) in [6.07, 6.45) is 0.737. The maximum atomic E-state index is 12.7. The van der Waals surface area contributed by atoms with Crippen LogP contribution in [0.4, 0.5) is 4.79 Å². The van der Waals surface area contributed by atoms with E-state index in [4.69, 9.17) is 11.6 Å². The van der Waals surface area contributed by atoms with Crippen LogP contribution in [0.3, 0.4) is 0 Å². The molecule has 0 radical (unpaired) electrons. The largest absolute Gasteiger partial charge is 0.350 e. The number of imide groups is 1. The Morgan fingerprint density at radius 3 is 2.42 bits per heavy atom. The van der Waals surface area contributed by atoms with E-state index >= 15 is 0 Å². The van der Waals surface area contributed by atoms with Gasteiger partial charge in [0.05, 0.1) is 0 Å². The Bertz CT molecular complexity index is 672. The van der Waals surface area contributed by atoms with Gasteiger partial charge in [0.2, 0.25) is 5.91 Å². The molecular weight excluding hydrogens is 330 g/mol. The summed E-state index contributed by atoms with van der Waals surface area (Å²) in [6, 6.07) is 6.09. The molecule has 0 saturated carbocycles. The zero-order chi connectivity index (χ0) is 18.1. The second-order valence-electron chi connectivity index (χ2n) is 6.74. The number of benzene rings is 1. The van der Waals surface area contributed by atoms with Gasteiger partial charge in [0, 0.05) is 10.6 Å². The molecule has 1 aromatic carbocycles. The third-order valence-corrected chi connectivity index (χ3v) is 4.61. The molecule has 130 valence electrons. The monoisotopic (exact) mass is 351 g/mol. The third kappa shape index (κ3) is 3.53. The van der Waals surface area contributed by atoms with Crippen molar-refractivity contribution >= 4 is 29.4 Å². The number of amides is 4. The lowest BCUT2D eigenvalue weighted by Gasteiger charge is -2.26. The number of nitrogens with one attached hydrogen (secondary N) is 2. The quantitative estimate of drug-likeness (QED) is 0.799. The number of halogens is 1. The van der Waals surface area contributed by atoms with E-state index in [1.54, 1.807) is 31.2 Å². The minimum atomic E-state index is -1.21. The fourth-order valence-corrected chi connectivity index (χ4v) is 2.59. The minimum absolute atomic E-state index is 0.308. The van der Waals surface area contributed by atoms with E-state index in [0.29, 0.717) is 10.6 Å². The summed E-state index contributed by atoms with van der Waals surface area (Å²) in [7, 11) is 0. The Morgan fingerprint density at radius 1 is 1.29 bits per heavy atom. The Labute approximate surface area is 146 Å². The summed E-state index contributed by atoms with van der Waals surface area (Å²) >= 11 is 5.87. The molecular formula is C17H22ClN3O3. The normalized spacial score (nSPS) is 21.0. The van der Waals surface area contributed by atoms with Crippen LogP contribution >= 0.6 is 11.6 Å². The predicted octanol–water partition coefficient (Wildman–Crippen LogP) is 2.41. The first-order valence-corrected chi connectivity index (χ1v) is 8.18. The first-order chi connectivity index (χ1) is 11.1. The van der Waals surface area contributed by atoms with Crippen molar-refractivity contribution in [2.45, 2.75) is 45.2 Å². The van der Waals surface area contributed by atoms with Crippen LogP contribution in [-0.2, 0) is 15.1 Å². The molecule has 0 spiro atoms. The molecule has 1 saturated heterocycles. The lowest BCUT2D eigenvalue weighted by molar-refractivity contribution is -0.135.